The van der Waals surface area contributed by atoms with Gasteiger partial charge in [0.1, 0.15) is 0 Å². The minimum atomic E-state index is -2.65. The zero-order chi connectivity index (χ0) is 26.6. The number of hydrogen-bond donors (Lipinski definition) is 0. The summed E-state index contributed by atoms with van der Waals surface area (Å²) in [6, 6.07) is 41.4. The molecule has 4 aromatic rings. The fourth-order valence-corrected chi connectivity index (χ4v) is 25.3. The fourth-order valence-electron chi connectivity index (χ4n) is 5.98. The Morgan fingerprint density at radius 3 is 1.39 bits per heavy atom. The molecule has 0 atom stereocenters. The van der Waals surface area contributed by atoms with E-state index in [0.717, 1.165) is 0 Å². The predicted octanol–water partition coefficient (Wildman–Crippen LogP) is 9.17. The van der Waals surface area contributed by atoms with Gasteiger partial charge in [0.2, 0.25) is 0 Å². The summed E-state index contributed by atoms with van der Waals surface area (Å²) in [6.07, 6.45) is 8.09. The van der Waals surface area contributed by atoms with Crippen LogP contribution >= 0.6 is 7.92 Å². The van der Waals surface area contributed by atoms with E-state index in [1.807, 2.05) is 0 Å². The van der Waals surface area contributed by atoms with E-state index in [4.69, 9.17) is 0 Å². The van der Waals surface area contributed by atoms with E-state index >= 15 is 0 Å². The summed E-state index contributed by atoms with van der Waals surface area (Å²) < 4.78 is 6.28. The van der Waals surface area contributed by atoms with Crippen LogP contribution in [0.2, 0.25) is 13.3 Å². The molecule has 4 rings (SSSR count). The molecule has 0 aliphatic rings. The summed E-state index contributed by atoms with van der Waals surface area (Å²) in [4.78, 5) is 0. The van der Waals surface area contributed by atoms with E-state index in [-0.39, 0.29) is 0 Å². The van der Waals surface area contributed by atoms with Crippen molar-refractivity contribution in [2.24, 2.45) is 0 Å². The molecule has 0 spiro atoms. The normalized spacial score (nSPS) is 11.7. The molecule has 0 aliphatic heterocycles. The number of rotatable bonds is 14. The maximum absolute atomic E-state index is 2.65. The third-order valence-electron chi connectivity index (χ3n) is 7.99. The molecule has 0 nitrogen and oxygen atoms in total. The van der Waals surface area contributed by atoms with Crippen LogP contribution in [0.25, 0.3) is 11.1 Å². The molecule has 0 saturated carbocycles. The Morgan fingerprint density at radius 2 is 0.895 bits per heavy atom. The molecule has 4 aromatic carbocycles. The van der Waals surface area contributed by atoms with Gasteiger partial charge in [0.05, 0.1) is 0 Å². The molecule has 198 valence electrons. The molecule has 0 heterocycles. The van der Waals surface area contributed by atoms with Crippen LogP contribution in [0.5, 0.6) is 0 Å². The van der Waals surface area contributed by atoms with Crippen LogP contribution in [0.1, 0.15) is 59.3 Å². The van der Waals surface area contributed by atoms with Gasteiger partial charge in [-0.25, -0.2) is 0 Å². The monoisotopic (exact) mass is 628 g/mol. The Balaban J connectivity index is 1.93. The zero-order valence-corrected chi connectivity index (χ0v) is 27.5. The second-order valence-corrected chi connectivity index (χ2v) is 26.0. The van der Waals surface area contributed by atoms with Gasteiger partial charge in [0.15, 0.2) is 0 Å². The van der Waals surface area contributed by atoms with Gasteiger partial charge in [-0.3, -0.25) is 0 Å². The molecule has 38 heavy (non-hydrogen) atoms. The average Bonchev–Trinajstić information content (AvgIpc) is 2.99. The van der Waals surface area contributed by atoms with E-state index < -0.39 is 26.3 Å². The van der Waals surface area contributed by atoms with Gasteiger partial charge >= 0.3 is 239 Å². The minimum absolute atomic E-state index is 0.648. The SMILES string of the molecule is CCC[CH2][Sn]([CH2]CCC)([CH2]CCC)[c]1ccccc1-c1ccccc1P(c1ccccc1)c1ccccc1. The first-order chi connectivity index (χ1) is 18.7. The van der Waals surface area contributed by atoms with Gasteiger partial charge in [-0.05, 0) is 0 Å². The Morgan fingerprint density at radius 1 is 0.474 bits per heavy atom. The van der Waals surface area contributed by atoms with E-state index in [1.54, 1.807) is 9.14 Å². The summed E-state index contributed by atoms with van der Waals surface area (Å²) in [6.45, 7) is 7.14. The molecule has 0 saturated heterocycles. The van der Waals surface area contributed by atoms with Crippen LogP contribution in [-0.4, -0.2) is 18.4 Å². The molecule has 0 N–H and O–H groups in total. The quantitative estimate of drug-likeness (QED) is 0.0967. The topological polar surface area (TPSA) is 0 Å². The van der Waals surface area contributed by atoms with Gasteiger partial charge in [-0.2, -0.15) is 0 Å². The fraction of sp³-hybridized carbons (Fsp3) is 0.333. The van der Waals surface area contributed by atoms with Crippen molar-refractivity contribution in [3.8, 4) is 11.1 Å². The van der Waals surface area contributed by atoms with Crippen molar-refractivity contribution in [1.82, 2.24) is 0 Å². The van der Waals surface area contributed by atoms with Gasteiger partial charge in [0, 0.05) is 0 Å². The van der Waals surface area contributed by atoms with Crippen LogP contribution in [0, 0.1) is 0 Å². The molecule has 0 aliphatic carbocycles. The Kier molecular flexibility index (Phi) is 11.5. The molecule has 0 fully saturated rings. The third kappa shape index (κ3) is 7.00. The second kappa shape index (κ2) is 15.0. The molecule has 0 bridgehead atoms. The van der Waals surface area contributed by atoms with Crippen molar-refractivity contribution >= 4 is 45.8 Å². The molecule has 0 amide bonds. The molecule has 0 radical (unpaired) electrons. The van der Waals surface area contributed by atoms with Crippen molar-refractivity contribution in [3.05, 3.63) is 109 Å². The predicted molar refractivity (Wildman–Crippen MR) is 175 cm³/mol. The third-order valence-corrected chi connectivity index (χ3v) is 26.2. The van der Waals surface area contributed by atoms with E-state index in [2.05, 4.69) is 130 Å². The van der Waals surface area contributed by atoms with Crippen LogP contribution < -0.4 is 19.5 Å². The maximum atomic E-state index is 2.57. The van der Waals surface area contributed by atoms with Crippen molar-refractivity contribution in [3.63, 3.8) is 0 Å². The van der Waals surface area contributed by atoms with Crippen LogP contribution in [0.4, 0.5) is 0 Å². The van der Waals surface area contributed by atoms with E-state index in [1.165, 1.54) is 73.3 Å². The molecular formula is C36H45PSn. The van der Waals surface area contributed by atoms with E-state index in [0.29, 0.717) is 0 Å². The van der Waals surface area contributed by atoms with Crippen LogP contribution in [0.15, 0.2) is 109 Å². The first-order valence-corrected chi connectivity index (χ1v) is 23.7. The number of hydrogen-bond acceptors (Lipinski definition) is 0. The first kappa shape index (κ1) is 29.1. The van der Waals surface area contributed by atoms with Crippen molar-refractivity contribution in [1.29, 1.82) is 0 Å². The Hall–Kier alpha value is -1.89. The van der Waals surface area contributed by atoms with Crippen molar-refractivity contribution in [2.45, 2.75) is 72.6 Å². The van der Waals surface area contributed by atoms with Gasteiger partial charge in [-0.15, -0.1) is 0 Å². The standard InChI is InChI=1S/C24H18P.3C4H9.Sn/c1-4-12-20(13-5-1)23-18-10-11-19-24(23)25(21-14-6-2-7-15-21)22-16-8-3-9-17-22;3*1-3-4-2;/h1-12,14-19H;3*1,3-4H2,2H3;. The van der Waals surface area contributed by atoms with E-state index in [9.17, 15) is 0 Å². The van der Waals surface area contributed by atoms with Crippen molar-refractivity contribution in [2.75, 3.05) is 0 Å². The molecule has 0 unspecified atom stereocenters. The number of unbranched alkanes of at least 4 members (excludes halogenated alkanes) is 3. The second-order valence-electron chi connectivity index (χ2n) is 10.7. The molecular weight excluding hydrogens is 582 g/mol. The average molecular weight is 627 g/mol. The summed E-state index contributed by atoms with van der Waals surface area (Å²) in [5, 5.41) is 4.35. The number of benzene rings is 4. The summed E-state index contributed by atoms with van der Waals surface area (Å²) in [5.41, 5.74) is 3.01. The first-order valence-electron chi connectivity index (χ1n) is 14.8. The van der Waals surface area contributed by atoms with Crippen LogP contribution in [-0.2, 0) is 0 Å². The van der Waals surface area contributed by atoms with Gasteiger partial charge in [-0.1, -0.05) is 0 Å². The summed E-state index contributed by atoms with van der Waals surface area (Å²) in [7, 11) is -0.648. The van der Waals surface area contributed by atoms with Crippen molar-refractivity contribution < 1.29 is 0 Å². The zero-order valence-electron chi connectivity index (χ0n) is 23.7. The summed E-state index contributed by atoms with van der Waals surface area (Å²) in [5.74, 6) is 0. The summed E-state index contributed by atoms with van der Waals surface area (Å²) >= 11 is -2.65. The van der Waals surface area contributed by atoms with Gasteiger partial charge in [0.25, 0.3) is 0 Å². The van der Waals surface area contributed by atoms with Crippen LogP contribution in [0.3, 0.4) is 0 Å². The Labute approximate surface area is 237 Å². The molecule has 0 aromatic heterocycles. The van der Waals surface area contributed by atoms with Gasteiger partial charge < -0.3 is 0 Å². The Bertz CT molecular complexity index is 1170. The molecule has 2 heteroatoms.